The zero-order valence-electron chi connectivity index (χ0n) is 11.5. The van der Waals surface area contributed by atoms with Crippen molar-refractivity contribution in [1.29, 1.82) is 0 Å². The van der Waals surface area contributed by atoms with Gasteiger partial charge in [-0.25, -0.2) is 9.78 Å². The predicted molar refractivity (Wildman–Crippen MR) is 74.2 cm³/mol. The maximum atomic E-state index is 11.3. The Morgan fingerprint density at radius 1 is 1.19 bits per heavy atom. The largest absolute Gasteiger partial charge is 0.494 e. The maximum absolute atomic E-state index is 11.3. The van der Waals surface area contributed by atoms with Crippen LogP contribution < -0.4 is 10.5 Å². The quantitative estimate of drug-likeness (QED) is 0.874. The Labute approximate surface area is 120 Å². The van der Waals surface area contributed by atoms with Crippen LogP contribution in [0.5, 0.6) is 5.75 Å². The molecule has 0 radical (unpaired) electrons. The molecule has 3 N–H and O–H groups in total. The number of rotatable bonds is 4. The molecule has 2 aromatic rings. The number of carboxylic acids is 1. The van der Waals surface area contributed by atoms with Crippen molar-refractivity contribution in [2.75, 3.05) is 7.11 Å². The van der Waals surface area contributed by atoms with E-state index in [0.717, 1.165) is 0 Å². The molecule has 0 unspecified atom stereocenters. The predicted octanol–water partition coefficient (Wildman–Crippen LogP) is 1.26. The first-order chi connectivity index (χ1) is 9.93. The van der Waals surface area contributed by atoms with Gasteiger partial charge < -0.3 is 15.6 Å². The lowest BCUT2D eigenvalue weighted by atomic mass is 10.00. The number of methoxy groups -OCH3 is 1. The molecule has 0 bridgehead atoms. The van der Waals surface area contributed by atoms with E-state index in [2.05, 4.69) is 9.97 Å². The van der Waals surface area contributed by atoms with Crippen molar-refractivity contribution < 1.29 is 19.4 Å². The zero-order chi connectivity index (χ0) is 15.6. The van der Waals surface area contributed by atoms with Gasteiger partial charge in [-0.1, -0.05) is 0 Å². The fraction of sp³-hybridized carbons (Fsp3) is 0.143. The van der Waals surface area contributed by atoms with Gasteiger partial charge in [-0.15, -0.1) is 0 Å². The smallest absolute Gasteiger partial charge is 0.337 e. The number of carbonyl (C=O) groups excluding carboxylic acids is 1. The Balaban J connectivity index is 2.75. The molecule has 0 fully saturated rings. The maximum Gasteiger partial charge on any atom is 0.337 e. The average Bonchev–Trinajstić information content (AvgIpc) is 2.46. The van der Waals surface area contributed by atoms with E-state index in [0.29, 0.717) is 22.6 Å². The summed E-state index contributed by atoms with van der Waals surface area (Å²) in [6.07, 6.45) is 2.59. The third-order valence-electron chi connectivity index (χ3n) is 2.90. The van der Waals surface area contributed by atoms with E-state index in [-0.39, 0.29) is 11.3 Å². The molecule has 0 saturated carbocycles. The Morgan fingerprint density at radius 2 is 1.90 bits per heavy atom. The number of aromatic nitrogens is 2. The summed E-state index contributed by atoms with van der Waals surface area (Å²) in [5.74, 6) is -1.49. The molecule has 0 aliphatic heterocycles. The number of pyridine rings is 2. The molecule has 2 rings (SSSR count). The van der Waals surface area contributed by atoms with Crippen LogP contribution in [0.25, 0.3) is 11.1 Å². The van der Waals surface area contributed by atoms with Gasteiger partial charge in [0, 0.05) is 23.0 Å². The van der Waals surface area contributed by atoms with Crippen molar-refractivity contribution in [1.82, 2.24) is 9.97 Å². The van der Waals surface area contributed by atoms with Crippen LogP contribution in [-0.2, 0) is 0 Å². The van der Waals surface area contributed by atoms with Crippen LogP contribution in [0.15, 0.2) is 24.5 Å². The van der Waals surface area contributed by atoms with E-state index in [1.807, 2.05) is 0 Å². The second-order valence-electron chi connectivity index (χ2n) is 4.31. The van der Waals surface area contributed by atoms with Crippen molar-refractivity contribution in [2.45, 2.75) is 6.92 Å². The highest BCUT2D eigenvalue weighted by Crippen LogP contribution is 2.32. The molecular weight excluding hydrogens is 274 g/mol. The number of hydrogen-bond donors (Lipinski definition) is 2. The summed E-state index contributed by atoms with van der Waals surface area (Å²) in [6, 6.07) is 3.01. The molecule has 21 heavy (non-hydrogen) atoms. The summed E-state index contributed by atoms with van der Waals surface area (Å²) in [5, 5.41) is 9.27. The Morgan fingerprint density at radius 3 is 2.48 bits per heavy atom. The molecule has 7 nitrogen and oxygen atoms in total. The minimum atomic E-state index is -1.13. The van der Waals surface area contributed by atoms with Gasteiger partial charge in [0.1, 0.15) is 11.4 Å². The summed E-state index contributed by atoms with van der Waals surface area (Å²) in [5.41, 5.74) is 6.67. The highest BCUT2D eigenvalue weighted by molar-refractivity contribution is 5.98. The molecule has 1 amide bonds. The first-order valence-corrected chi connectivity index (χ1v) is 5.98. The Kier molecular flexibility index (Phi) is 3.84. The van der Waals surface area contributed by atoms with Crippen LogP contribution in [0.4, 0.5) is 0 Å². The van der Waals surface area contributed by atoms with Crippen molar-refractivity contribution in [2.24, 2.45) is 5.73 Å². The van der Waals surface area contributed by atoms with Gasteiger partial charge in [-0.2, -0.15) is 0 Å². The van der Waals surface area contributed by atoms with E-state index in [9.17, 15) is 14.7 Å². The number of nitrogens with two attached hydrogens (primary N) is 1. The lowest BCUT2D eigenvalue weighted by Crippen LogP contribution is -2.13. The zero-order valence-corrected chi connectivity index (χ0v) is 11.5. The number of ether oxygens (including phenoxy) is 1. The number of hydrogen-bond acceptors (Lipinski definition) is 5. The number of amides is 1. The van der Waals surface area contributed by atoms with Gasteiger partial charge in [-0.05, 0) is 19.1 Å². The summed E-state index contributed by atoms with van der Waals surface area (Å²) >= 11 is 0. The topological polar surface area (TPSA) is 115 Å². The average molecular weight is 287 g/mol. The van der Waals surface area contributed by atoms with Crippen molar-refractivity contribution in [3.05, 3.63) is 41.5 Å². The van der Waals surface area contributed by atoms with E-state index < -0.39 is 11.9 Å². The standard InChI is InChI=1S/C14H13N3O4/c1-7-3-8(10(5-16-7)14(19)20)9-4-11(13(15)18)17-6-12(9)21-2/h3-6H,1-2H3,(H2,15,18)(H,19,20). The third-order valence-corrected chi connectivity index (χ3v) is 2.90. The van der Waals surface area contributed by atoms with E-state index >= 15 is 0 Å². The summed E-state index contributed by atoms with van der Waals surface area (Å²) in [4.78, 5) is 30.4. The van der Waals surface area contributed by atoms with Gasteiger partial charge >= 0.3 is 5.97 Å². The summed E-state index contributed by atoms with van der Waals surface area (Å²) in [7, 11) is 1.43. The van der Waals surface area contributed by atoms with Crippen LogP contribution in [0.3, 0.4) is 0 Å². The molecule has 0 saturated heterocycles. The molecule has 7 heteroatoms. The molecule has 0 aromatic carbocycles. The number of carboxylic acid groups (broad SMARTS) is 1. The van der Waals surface area contributed by atoms with Gasteiger partial charge in [0.15, 0.2) is 0 Å². The second-order valence-corrected chi connectivity index (χ2v) is 4.31. The molecule has 2 aromatic heterocycles. The molecule has 108 valence electrons. The van der Waals surface area contributed by atoms with Crippen molar-refractivity contribution in [3.8, 4) is 16.9 Å². The van der Waals surface area contributed by atoms with Gasteiger partial charge in [-0.3, -0.25) is 9.78 Å². The van der Waals surface area contributed by atoms with Crippen LogP contribution >= 0.6 is 0 Å². The Bertz CT molecular complexity index is 728. The molecule has 0 aliphatic carbocycles. The molecule has 0 atom stereocenters. The first-order valence-electron chi connectivity index (χ1n) is 5.98. The number of nitrogens with zero attached hydrogens (tertiary/aromatic N) is 2. The fourth-order valence-corrected chi connectivity index (χ4v) is 1.90. The van der Waals surface area contributed by atoms with E-state index in [4.69, 9.17) is 10.5 Å². The normalized spacial score (nSPS) is 10.2. The highest BCUT2D eigenvalue weighted by atomic mass is 16.5. The number of aromatic carboxylic acids is 1. The number of aryl methyl sites for hydroxylation is 1. The number of primary amides is 1. The highest BCUT2D eigenvalue weighted by Gasteiger charge is 2.18. The van der Waals surface area contributed by atoms with Crippen LogP contribution in [0, 0.1) is 6.92 Å². The van der Waals surface area contributed by atoms with Crippen LogP contribution in [-0.4, -0.2) is 34.1 Å². The minimum Gasteiger partial charge on any atom is -0.494 e. The van der Waals surface area contributed by atoms with Gasteiger partial charge in [0.25, 0.3) is 5.91 Å². The molecule has 2 heterocycles. The van der Waals surface area contributed by atoms with Crippen molar-refractivity contribution >= 4 is 11.9 Å². The molecule has 0 spiro atoms. The minimum absolute atomic E-state index is 0.000482. The SMILES string of the molecule is COc1cnc(C(N)=O)cc1-c1cc(C)ncc1C(=O)O. The Hall–Kier alpha value is -2.96. The molecule has 0 aliphatic rings. The van der Waals surface area contributed by atoms with Crippen molar-refractivity contribution in [3.63, 3.8) is 0 Å². The third kappa shape index (κ3) is 2.81. The number of carbonyl (C=O) groups is 2. The summed E-state index contributed by atoms with van der Waals surface area (Å²) < 4.78 is 5.18. The molecular formula is C14H13N3O4. The summed E-state index contributed by atoms with van der Waals surface area (Å²) in [6.45, 7) is 1.73. The van der Waals surface area contributed by atoms with Crippen LogP contribution in [0.1, 0.15) is 26.5 Å². The van der Waals surface area contributed by atoms with E-state index in [1.165, 1.54) is 25.6 Å². The van der Waals surface area contributed by atoms with E-state index in [1.54, 1.807) is 13.0 Å². The van der Waals surface area contributed by atoms with Gasteiger partial charge in [0.05, 0.1) is 18.9 Å². The lowest BCUT2D eigenvalue weighted by Gasteiger charge is -2.12. The second kappa shape index (κ2) is 5.58. The first kappa shape index (κ1) is 14.4. The fourth-order valence-electron chi connectivity index (χ4n) is 1.90. The van der Waals surface area contributed by atoms with Crippen LogP contribution in [0.2, 0.25) is 0 Å². The monoisotopic (exact) mass is 287 g/mol. The lowest BCUT2D eigenvalue weighted by molar-refractivity contribution is 0.0697. The van der Waals surface area contributed by atoms with Gasteiger partial charge in [0.2, 0.25) is 0 Å².